The molecule has 0 aliphatic heterocycles. The van der Waals surface area contributed by atoms with Crippen LogP contribution in [0.4, 0.5) is 5.69 Å². The van der Waals surface area contributed by atoms with Crippen LogP contribution < -0.4 is 5.32 Å². The van der Waals surface area contributed by atoms with E-state index in [-0.39, 0.29) is 6.04 Å². The van der Waals surface area contributed by atoms with E-state index >= 15 is 0 Å². The van der Waals surface area contributed by atoms with E-state index in [2.05, 4.69) is 33.4 Å². The fourth-order valence-electron chi connectivity index (χ4n) is 2.75. The molecule has 0 aromatic heterocycles. The summed E-state index contributed by atoms with van der Waals surface area (Å²) in [5, 5.41) is 14.9. The maximum absolute atomic E-state index is 10.7. The molecule has 0 radical (unpaired) electrons. The number of halogens is 2. The zero-order valence-corrected chi connectivity index (χ0v) is 15.9. The lowest BCUT2D eigenvalue weighted by molar-refractivity contribution is 0.160. The monoisotopic (exact) mass is 415 g/mol. The van der Waals surface area contributed by atoms with E-state index in [1.165, 1.54) is 0 Å². The summed E-state index contributed by atoms with van der Waals surface area (Å²) in [6.45, 7) is 0. The topological polar surface area (TPSA) is 32.3 Å². The summed E-state index contributed by atoms with van der Waals surface area (Å²) in [5.74, 6) is 0. The van der Waals surface area contributed by atoms with Crippen molar-refractivity contribution in [1.29, 1.82) is 0 Å². The number of nitrogens with one attached hydrogen (secondary N) is 1. The molecule has 0 fully saturated rings. The average Bonchev–Trinajstić information content (AvgIpc) is 2.63. The zero-order valence-electron chi connectivity index (χ0n) is 13.6. The molecule has 0 spiro atoms. The second-order valence-electron chi connectivity index (χ2n) is 5.92. The zero-order chi connectivity index (χ0) is 17.6. The van der Waals surface area contributed by atoms with Crippen LogP contribution in [-0.4, -0.2) is 5.11 Å². The average molecular weight is 417 g/mol. The maximum Gasteiger partial charge on any atom is 0.0813 e. The molecular formula is C21H19BrClNO. The third kappa shape index (κ3) is 5.08. The van der Waals surface area contributed by atoms with Crippen molar-refractivity contribution in [2.75, 3.05) is 5.32 Å². The third-order valence-corrected chi connectivity index (χ3v) is 4.88. The molecule has 3 rings (SSSR count). The van der Waals surface area contributed by atoms with Crippen LogP contribution in [0.1, 0.15) is 29.7 Å². The molecule has 4 heteroatoms. The molecule has 2 nitrogen and oxygen atoms in total. The van der Waals surface area contributed by atoms with E-state index in [1.54, 1.807) is 12.1 Å². The molecule has 0 aliphatic carbocycles. The first kappa shape index (κ1) is 18.0. The van der Waals surface area contributed by atoms with Gasteiger partial charge in [-0.15, -0.1) is 0 Å². The lowest BCUT2D eigenvalue weighted by Crippen LogP contribution is -2.14. The van der Waals surface area contributed by atoms with Crippen molar-refractivity contribution in [2.45, 2.75) is 18.6 Å². The van der Waals surface area contributed by atoms with Gasteiger partial charge in [-0.25, -0.2) is 0 Å². The van der Waals surface area contributed by atoms with Gasteiger partial charge in [0.25, 0.3) is 0 Å². The van der Waals surface area contributed by atoms with Gasteiger partial charge in [0.05, 0.1) is 12.1 Å². The number of rotatable bonds is 6. The van der Waals surface area contributed by atoms with Crippen LogP contribution in [0.15, 0.2) is 83.3 Å². The molecule has 128 valence electrons. The van der Waals surface area contributed by atoms with Crippen LogP contribution in [0.5, 0.6) is 0 Å². The smallest absolute Gasteiger partial charge is 0.0813 e. The van der Waals surface area contributed by atoms with Crippen LogP contribution in [0.25, 0.3) is 0 Å². The largest absolute Gasteiger partial charge is 0.388 e. The number of aliphatic hydroxyl groups excluding tert-OH is 1. The van der Waals surface area contributed by atoms with Gasteiger partial charge in [0.15, 0.2) is 0 Å². The number of anilines is 1. The second-order valence-corrected chi connectivity index (χ2v) is 7.27. The molecule has 3 aromatic rings. The first-order valence-corrected chi connectivity index (χ1v) is 9.29. The van der Waals surface area contributed by atoms with Crippen molar-refractivity contribution in [2.24, 2.45) is 0 Å². The van der Waals surface area contributed by atoms with Crippen LogP contribution in [-0.2, 0) is 0 Å². The summed E-state index contributed by atoms with van der Waals surface area (Å²) in [4.78, 5) is 0. The van der Waals surface area contributed by atoms with Crippen molar-refractivity contribution in [3.05, 3.63) is 99.5 Å². The lowest BCUT2D eigenvalue weighted by Gasteiger charge is -2.24. The molecule has 0 bridgehead atoms. The minimum atomic E-state index is -0.581. The van der Waals surface area contributed by atoms with Crippen molar-refractivity contribution in [3.63, 3.8) is 0 Å². The van der Waals surface area contributed by atoms with Gasteiger partial charge in [-0.2, -0.15) is 0 Å². The Balaban J connectivity index is 1.82. The number of aliphatic hydroxyl groups is 1. The molecule has 0 heterocycles. The van der Waals surface area contributed by atoms with Gasteiger partial charge < -0.3 is 10.4 Å². The van der Waals surface area contributed by atoms with Crippen LogP contribution >= 0.6 is 27.5 Å². The van der Waals surface area contributed by atoms with Crippen molar-refractivity contribution >= 4 is 33.2 Å². The summed E-state index contributed by atoms with van der Waals surface area (Å²) in [7, 11) is 0. The van der Waals surface area contributed by atoms with Gasteiger partial charge in [0.2, 0.25) is 0 Å². The highest BCUT2D eigenvalue weighted by atomic mass is 79.9. The molecule has 0 saturated carbocycles. The molecule has 0 amide bonds. The number of hydrogen-bond acceptors (Lipinski definition) is 2. The van der Waals surface area contributed by atoms with E-state index in [4.69, 9.17) is 11.6 Å². The molecule has 2 atom stereocenters. The first-order chi connectivity index (χ1) is 12.1. The van der Waals surface area contributed by atoms with E-state index in [1.807, 2.05) is 54.6 Å². The Morgan fingerprint density at radius 2 is 1.44 bits per heavy atom. The fourth-order valence-corrected chi connectivity index (χ4v) is 3.14. The van der Waals surface area contributed by atoms with E-state index in [9.17, 15) is 5.11 Å². The second kappa shape index (κ2) is 8.52. The highest BCUT2D eigenvalue weighted by molar-refractivity contribution is 9.10. The Hall–Kier alpha value is -1.81. The molecule has 2 unspecified atom stereocenters. The fraction of sp³-hybridized carbons (Fsp3) is 0.143. The quantitative estimate of drug-likeness (QED) is 0.488. The Morgan fingerprint density at radius 3 is 2.08 bits per heavy atom. The molecule has 2 N–H and O–H groups in total. The molecular weight excluding hydrogens is 398 g/mol. The Labute approximate surface area is 161 Å². The van der Waals surface area contributed by atoms with Crippen molar-refractivity contribution in [1.82, 2.24) is 0 Å². The summed E-state index contributed by atoms with van der Waals surface area (Å²) >= 11 is 9.42. The van der Waals surface area contributed by atoms with E-state index in [0.29, 0.717) is 11.4 Å². The minimum absolute atomic E-state index is 0.0128. The van der Waals surface area contributed by atoms with Crippen molar-refractivity contribution < 1.29 is 5.11 Å². The summed E-state index contributed by atoms with van der Waals surface area (Å²) < 4.78 is 1.04. The van der Waals surface area contributed by atoms with Gasteiger partial charge in [0, 0.05) is 21.6 Å². The van der Waals surface area contributed by atoms with Gasteiger partial charge in [-0.05, 0) is 47.5 Å². The van der Waals surface area contributed by atoms with Gasteiger partial charge >= 0.3 is 0 Å². The molecule has 0 aliphatic rings. The van der Waals surface area contributed by atoms with Gasteiger partial charge in [0.1, 0.15) is 0 Å². The predicted octanol–water partition coefficient (Wildman–Crippen LogP) is 6.38. The highest BCUT2D eigenvalue weighted by Gasteiger charge is 2.18. The SMILES string of the molecule is OC(CC(Nc1ccccc1)c1ccc(Br)cc1)c1ccc(Cl)cc1. The Bertz CT molecular complexity index is 790. The normalized spacial score (nSPS) is 13.2. The molecule has 3 aromatic carbocycles. The molecule has 25 heavy (non-hydrogen) atoms. The summed E-state index contributed by atoms with van der Waals surface area (Å²) in [5.41, 5.74) is 3.01. The summed E-state index contributed by atoms with van der Waals surface area (Å²) in [6, 6.07) is 25.5. The van der Waals surface area contributed by atoms with Gasteiger partial charge in [-0.3, -0.25) is 0 Å². The van der Waals surface area contributed by atoms with Crippen LogP contribution in [0, 0.1) is 0 Å². The van der Waals surface area contributed by atoms with Gasteiger partial charge in [-0.1, -0.05) is 70.0 Å². The highest BCUT2D eigenvalue weighted by Crippen LogP contribution is 2.30. The standard InChI is InChI=1S/C21H19BrClNO/c22-17-10-6-15(7-11-17)20(24-19-4-2-1-3-5-19)14-21(25)16-8-12-18(23)13-9-16/h1-13,20-21,24-25H,14H2. The number of hydrogen-bond donors (Lipinski definition) is 2. The summed E-state index contributed by atoms with van der Waals surface area (Å²) in [6.07, 6.45) is -0.0276. The molecule has 0 saturated heterocycles. The number of benzene rings is 3. The number of para-hydroxylation sites is 1. The maximum atomic E-state index is 10.7. The minimum Gasteiger partial charge on any atom is -0.388 e. The predicted molar refractivity (Wildman–Crippen MR) is 108 cm³/mol. The van der Waals surface area contributed by atoms with E-state index in [0.717, 1.165) is 21.3 Å². The lowest BCUT2D eigenvalue weighted by atomic mass is 9.96. The Kier molecular flexibility index (Phi) is 6.14. The first-order valence-electron chi connectivity index (χ1n) is 8.12. The van der Waals surface area contributed by atoms with Crippen LogP contribution in [0.3, 0.4) is 0 Å². The Morgan fingerprint density at radius 1 is 0.840 bits per heavy atom. The third-order valence-electron chi connectivity index (χ3n) is 4.10. The van der Waals surface area contributed by atoms with Crippen molar-refractivity contribution in [3.8, 4) is 0 Å². The van der Waals surface area contributed by atoms with E-state index < -0.39 is 6.10 Å². The van der Waals surface area contributed by atoms with Crippen LogP contribution in [0.2, 0.25) is 5.02 Å².